The molecule has 3 unspecified atom stereocenters. The van der Waals surface area contributed by atoms with Crippen LogP contribution >= 0.6 is 11.8 Å². The van der Waals surface area contributed by atoms with Crippen LogP contribution in [0.5, 0.6) is 0 Å². The van der Waals surface area contributed by atoms with Gasteiger partial charge in [0.05, 0.1) is 6.10 Å². The predicted molar refractivity (Wildman–Crippen MR) is 68.5 cm³/mol. The summed E-state index contributed by atoms with van der Waals surface area (Å²) in [7, 11) is 0. The molecule has 0 aliphatic carbocycles. The van der Waals surface area contributed by atoms with Gasteiger partial charge >= 0.3 is 5.97 Å². The molecular formula is C12H21NO3S. The van der Waals surface area contributed by atoms with E-state index in [1.165, 1.54) is 0 Å². The maximum atomic E-state index is 11.6. The average molecular weight is 259 g/mol. The summed E-state index contributed by atoms with van der Waals surface area (Å²) in [6.07, 6.45) is 4.04. The summed E-state index contributed by atoms with van der Waals surface area (Å²) in [6.45, 7) is 3.49. The van der Waals surface area contributed by atoms with Crippen molar-refractivity contribution in [2.45, 2.75) is 49.5 Å². The van der Waals surface area contributed by atoms with Gasteiger partial charge in [-0.25, -0.2) is 0 Å². The molecule has 2 fully saturated rings. The van der Waals surface area contributed by atoms with Crippen molar-refractivity contribution in [3.8, 4) is 0 Å². The van der Waals surface area contributed by atoms with Gasteiger partial charge in [0.25, 0.3) is 0 Å². The number of carbonyl (C=O) groups is 1. The maximum Gasteiger partial charge on any atom is 0.325 e. The smallest absolute Gasteiger partial charge is 0.325 e. The molecule has 0 aromatic carbocycles. The summed E-state index contributed by atoms with van der Waals surface area (Å²) in [5.74, 6) is 0.354. The molecule has 2 aliphatic rings. The lowest BCUT2D eigenvalue weighted by molar-refractivity contribution is -0.145. The van der Waals surface area contributed by atoms with Crippen LogP contribution in [0.4, 0.5) is 0 Å². The second-order valence-electron chi connectivity index (χ2n) is 4.91. The number of carboxylic acids is 1. The highest BCUT2D eigenvalue weighted by molar-refractivity contribution is 8.00. The zero-order valence-electron chi connectivity index (χ0n) is 10.3. The molecule has 3 atom stereocenters. The number of rotatable bonds is 4. The molecule has 0 aromatic heterocycles. The molecule has 0 bridgehead atoms. The largest absolute Gasteiger partial charge is 0.480 e. The molecule has 2 aliphatic heterocycles. The first kappa shape index (κ1) is 13.2. The third kappa shape index (κ3) is 2.77. The van der Waals surface area contributed by atoms with Crippen molar-refractivity contribution in [1.82, 2.24) is 5.32 Å². The maximum absolute atomic E-state index is 11.6. The van der Waals surface area contributed by atoms with Crippen molar-refractivity contribution >= 4 is 17.7 Å². The summed E-state index contributed by atoms with van der Waals surface area (Å²) >= 11 is 1.75. The van der Waals surface area contributed by atoms with Gasteiger partial charge in [0.2, 0.25) is 0 Å². The third-order valence-corrected chi connectivity index (χ3v) is 5.25. The zero-order valence-corrected chi connectivity index (χ0v) is 11.1. The van der Waals surface area contributed by atoms with Crippen LogP contribution in [-0.4, -0.2) is 46.9 Å². The molecule has 0 radical (unpaired) electrons. The summed E-state index contributed by atoms with van der Waals surface area (Å²) in [5, 5.41) is 12.9. The molecule has 0 spiro atoms. The van der Waals surface area contributed by atoms with Crippen LogP contribution in [0.3, 0.4) is 0 Å². The van der Waals surface area contributed by atoms with Crippen molar-refractivity contribution in [2.24, 2.45) is 0 Å². The lowest BCUT2D eigenvalue weighted by Gasteiger charge is -2.39. The molecule has 5 heteroatoms. The molecule has 0 aromatic rings. The van der Waals surface area contributed by atoms with Crippen LogP contribution in [0.25, 0.3) is 0 Å². The molecule has 17 heavy (non-hydrogen) atoms. The van der Waals surface area contributed by atoms with E-state index >= 15 is 0 Å². The van der Waals surface area contributed by atoms with Crippen molar-refractivity contribution in [2.75, 3.05) is 18.9 Å². The van der Waals surface area contributed by atoms with Crippen molar-refractivity contribution in [3.05, 3.63) is 0 Å². The Morgan fingerprint density at radius 1 is 1.59 bits per heavy atom. The van der Waals surface area contributed by atoms with E-state index in [1.807, 2.05) is 6.92 Å². The fourth-order valence-electron chi connectivity index (χ4n) is 2.65. The van der Waals surface area contributed by atoms with Crippen LogP contribution in [0.1, 0.15) is 32.6 Å². The van der Waals surface area contributed by atoms with Crippen LogP contribution in [0.2, 0.25) is 0 Å². The summed E-state index contributed by atoms with van der Waals surface area (Å²) in [4.78, 5) is 11.6. The molecule has 2 saturated heterocycles. The molecule has 2 rings (SSSR count). The van der Waals surface area contributed by atoms with Crippen molar-refractivity contribution in [3.63, 3.8) is 0 Å². The van der Waals surface area contributed by atoms with E-state index in [-0.39, 0.29) is 11.4 Å². The molecule has 98 valence electrons. The monoisotopic (exact) mass is 259 g/mol. The number of thioether (sulfide) groups is 1. The van der Waals surface area contributed by atoms with Gasteiger partial charge in [-0.05, 0) is 31.4 Å². The van der Waals surface area contributed by atoms with E-state index in [4.69, 9.17) is 4.74 Å². The minimum Gasteiger partial charge on any atom is -0.480 e. The Balaban J connectivity index is 1.97. The Kier molecular flexibility index (Phi) is 4.33. The Bertz CT molecular complexity index is 281. The Morgan fingerprint density at radius 2 is 2.41 bits per heavy atom. The standard InChI is InChI=1S/C12H21NO3S/c1-9-12(11(14)15,5-3-7-17-9)13-8-10-4-2-6-16-10/h9-10,13H,2-8H2,1H3,(H,14,15). The van der Waals surface area contributed by atoms with E-state index in [1.54, 1.807) is 11.8 Å². The second-order valence-corrected chi connectivity index (χ2v) is 6.36. The Labute approximate surface area is 106 Å². The van der Waals surface area contributed by atoms with E-state index in [0.717, 1.165) is 38.0 Å². The van der Waals surface area contributed by atoms with Gasteiger partial charge in [-0.1, -0.05) is 6.92 Å². The number of hydrogen-bond donors (Lipinski definition) is 2. The Morgan fingerprint density at radius 3 is 3.00 bits per heavy atom. The van der Waals surface area contributed by atoms with E-state index in [2.05, 4.69) is 5.32 Å². The van der Waals surface area contributed by atoms with Crippen molar-refractivity contribution < 1.29 is 14.6 Å². The van der Waals surface area contributed by atoms with Crippen LogP contribution in [0.15, 0.2) is 0 Å². The number of carboxylic acid groups (broad SMARTS) is 1. The van der Waals surface area contributed by atoms with Crippen LogP contribution in [0, 0.1) is 0 Å². The molecule has 0 amide bonds. The average Bonchev–Trinajstić information content (AvgIpc) is 2.81. The SMILES string of the molecule is CC1SCCCC1(NCC1CCCO1)C(=O)O. The summed E-state index contributed by atoms with van der Waals surface area (Å²) in [6, 6.07) is 0. The number of hydrogen-bond acceptors (Lipinski definition) is 4. The first-order valence-electron chi connectivity index (χ1n) is 6.37. The molecule has 0 saturated carbocycles. The molecular weight excluding hydrogens is 238 g/mol. The van der Waals surface area contributed by atoms with E-state index in [0.29, 0.717) is 6.54 Å². The molecule has 4 nitrogen and oxygen atoms in total. The van der Waals surface area contributed by atoms with Crippen LogP contribution < -0.4 is 5.32 Å². The van der Waals surface area contributed by atoms with E-state index in [9.17, 15) is 9.90 Å². The van der Waals surface area contributed by atoms with E-state index < -0.39 is 11.5 Å². The summed E-state index contributed by atoms with van der Waals surface area (Å²) in [5.41, 5.74) is -0.755. The normalized spacial score (nSPS) is 38.2. The number of aliphatic carboxylic acids is 1. The molecule has 2 heterocycles. The minimum atomic E-state index is -0.755. The Hall–Kier alpha value is -0.260. The van der Waals surface area contributed by atoms with Gasteiger partial charge in [-0.15, -0.1) is 0 Å². The summed E-state index contributed by atoms with van der Waals surface area (Å²) < 4.78 is 5.54. The highest BCUT2D eigenvalue weighted by Gasteiger charge is 2.45. The first-order chi connectivity index (χ1) is 8.15. The van der Waals surface area contributed by atoms with Gasteiger partial charge < -0.3 is 9.84 Å². The highest BCUT2D eigenvalue weighted by atomic mass is 32.2. The van der Waals surface area contributed by atoms with Gasteiger partial charge in [-0.2, -0.15) is 11.8 Å². The highest BCUT2D eigenvalue weighted by Crippen LogP contribution is 2.34. The third-order valence-electron chi connectivity index (χ3n) is 3.83. The topological polar surface area (TPSA) is 58.6 Å². The molecule has 2 N–H and O–H groups in total. The lowest BCUT2D eigenvalue weighted by atomic mass is 9.89. The van der Waals surface area contributed by atoms with Crippen molar-refractivity contribution in [1.29, 1.82) is 0 Å². The first-order valence-corrected chi connectivity index (χ1v) is 7.41. The van der Waals surface area contributed by atoms with Gasteiger partial charge in [0.15, 0.2) is 0 Å². The zero-order chi connectivity index (χ0) is 12.3. The predicted octanol–water partition coefficient (Wildman–Crippen LogP) is 1.49. The van der Waals surface area contributed by atoms with Gasteiger partial charge in [-0.3, -0.25) is 10.1 Å². The van der Waals surface area contributed by atoms with Gasteiger partial charge in [0.1, 0.15) is 5.54 Å². The fraction of sp³-hybridized carbons (Fsp3) is 0.917. The van der Waals surface area contributed by atoms with Crippen LogP contribution in [-0.2, 0) is 9.53 Å². The lowest BCUT2D eigenvalue weighted by Crippen LogP contribution is -2.61. The minimum absolute atomic E-state index is 0.121. The number of ether oxygens (including phenoxy) is 1. The quantitative estimate of drug-likeness (QED) is 0.801. The fourth-order valence-corrected chi connectivity index (χ4v) is 3.90. The number of nitrogens with one attached hydrogen (secondary N) is 1. The second kappa shape index (κ2) is 5.59. The van der Waals surface area contributed by atoms with Gasteiger partial charge in [0, 0.05) is 18.4 Å².